The predicted molar refractivity (Wildman–Crippen MR) is 96.1 cm³/mol. The summed E-state index contributed by atoms with van der Waals surface area (Å²) in [5, 5.41) is 2.73. The van der Waals surface area contributed by atoms with Gasteiger partial charge in [-0.2, -0.15) is 0 Å². The van der Waals surface area contributed by atoms with Crippen molar-refractivity contribution in [1.82, 2.24) is 4.98 Å². The van der Waals surface area contributed by atoms with Crippen molar-refractivity contribution in [2.45, 2.75) is 45.3 Å². The standard InChI is InChI=1S/C19H23N3O3/c1-4-14(20)18(23)22-12-8-9-17(21-11-12)24-15-6-5-7-16-13(15)10-19(2,3)25-16/h5-9,11,14H,4,10,20H2,1-3H3,(H,22,23)/t14-/m1/s1. The zero-order chi connectivity index (χ0) is 18.0. The Balaban J connectivity index is 1.71. The van der Waals surface area contributed by atoms with Gasteiger partial charge in [0.15, 0.2) is 0 Å². The van der Waals surface area contributed by atoms with E-state index >= 15 is 0 Å². The number of aromatic nitrogens is 1. The Morgan fingerprint density at radius 1 is 1.40 bits per heavy atom. The first kappa shape index (κ1) is 17.2. The Bertz CT molecular complexity index is 772. The average molecular weight is 341 g/mol. The Hall–Kier alpha value is -2.60. The molecular weight excluding hydrogens is 318 g/mol. The van der Waals surface area contributed by atoms with E-state index in [4.69, 9.17) is 15.2 Å². The summed E-state index contributed by atoms with van der Waals surface area (Å²) in [5.41, 5.74) is 7.10. The third-order valence-corrected chi connectivity index (χ3v) is 4.07. The second-order valence-electron chi connectivity index (χ2n) is 6.76. The molecule has 25 heavy (non-hydrogen) atoms. The van der Waals surface area contributed by atoms with Crippen molar-refractivity contribution in [1.29, 1.82) is 0 Å². The van der Waals surface area contributed by atoms with Crippen LogP contribution in [-0.4, -0.2) is 22.5 Å². The molecule has 1 amide bonds. The minimum absolute atomic E-state index is 0.224. The number of amides is 1. The molecule has 3 rings (SSSR count). The lowest BCUT2D eigenvalue weighted by Gasteiger charge is -2.16. The van der Waals surface area contributed by atoms with Gasteiger partial charge in [0.2, 0.25) is 11.8 Å². The van der Waals surface area contributed by atoms with Gasteiger partial charge in [0.1, 0.15) is 17.1 Å². The van der Waals surface area contributed by atoms with E-state index in [1.807, 2.05) is 39.0 Å². The van der Waals surface area contributed by atoms with Crippen LogP contribution in [0.2, 0.25) is 0 Å². The number of ether oxygens (including phenoxy) is 2. The van der Waals surface area contributed by atoms with E-state index in [0.29, 0.717) is 18.0 Å². The van der Waals surface area contributed by atoms with Crippen molar-refractivity contribution in [3.8, 4) is 17.4 Å². The topological polar surface area (TPSA) is 86.5 Å². The quantitative estimate of drug-likeness (QED) is 0.872. The molecular formula is C19H23N3O3. The Morgan fingerprint density at radius 3 is 2.88 bits per heavy atom. The van der Waals surface area contributed by atoms with Gasteiger partial charge in [-0.25, -0.2) is 4.98 Å². The number of benzene rings is 1. The van der Waals surface area contributed by atoms with Crippen molar-refractivity contribution in [3.05, 3.63) is 42.1 Å². The van der Waals surface area contributed by atoms with Crippen molar-refractivity contribution >= 4 is 11.6 Å². The van der Waals surface area contributed by atoms with Gasteiger partial charge in [-0.3, -0.25) is 4.79 Å². The molecule has 132 valence electrons. The molecule has 0 unspecified atom stereocenters. The molecule has 1 atom stereocenters. The van der Waals surface area contributed by atoms with Crippen LogP contribution in [0.3, 0.4) is 0 Å². The van der Waals surface area contributed by atoms with Gasteiger partial charge in [0.05, 0.1) is 17.9 Å². The number of nitrogens with zero attached hydrogens (tertiary/aromatic N) is 1. The van der Waals surface area contributed by atoms with Crippen LogP contribution < -0.4 is 20.5 Å². The Labute approximate surface area is 147 Å². The van der Waals surface area contributed by atoms with E-state index in [-0.39, 0.29) is 11.5 Å². The maximum atomic E-state index is 11.8. The van der Waals surface area contributed by atoms with Crippen molar-refractivity contribution < 1.29 is 14.3 Å². The number of anilines is 1. The minimum atomic E-state index is -0.522. The second-order valence-corrected chi connectivity index (χ2v) is 6.76. The van der Waals surface area contributed by atoms with E-state index in [1.54, 1.807) is 18.3 Å². The maximum Gasteiger partial charge on any atom is 0.241 e. The van der Waals surface area contributed by atoms with Gasteiger partial charge in [0.25, 0.3) is 0 Å². The molecule has 1 aliphatic rings. The highest BCUT2D eigenvalue weighted by molar-refractivity contribution is 5.94. The smallest absolute Gasteiger partial charge is 0.241 e. The lowest BCUT2D eigenvalue weighted by Crippen LogP contribution is -2.34. The van der Waals surface area contributed by atoms with Crippen LogP contribution in [0.25, 0.3) is 0 Å². The lowest BCUT2D eigenvalue weighted by atomic mass is 10.0. The molecule has 2 heterocycles. The van der Waals surface area contributed by atoms with Crippen molar-refractivity contribution in [2.75, 3.05) is 5.32 Å². The molecule has 0 saturated carbocycles. The third kappa shape index (κ3) is 3.91. The highest BCUT2D eigenvalue weighted by atomic mass is 16.5. The normalized spacial score (nSPS) is 15.8. The van der Waals surface area contributed by atoms with Gasteiger partial charge >= 0.3 is 0 Å². The maximum absolute atomic E-state index is 11.8. The summed E-state index contributed by atoms with van der Waals surface area (Å²) in [6, 6.07) is 8.68. The molecule has 2 aromatic rings. The Morgan fingerprint density at radius 2 is 2.20 bits per heavy atom. The van der Waals surface area contributed by atoms with E-state index in [0.717, 1.165) is 23.5 Å². The van der Waals surface area contributed by atoms with E-state index in [1.165, 1.54) is 0 Å². The first-order valence-electron chi connectivity index (χ1n) is 8.39. The number of carbonyl (C=O) groups excluding carboxylic acids is 1. The molecule has 6 nitrogen and oxygen atoms in total. The second kappa shape index (κ2) is 6.72. The van der Waals surface area contributed by atoms with Crippen LogP contribution in [0.1, 0.15) is 32.8 Å². The summed E-state index contributed by atoms with van der Waals surface area (Å²) < 4.78 is 11.8. The number of fused-ring (bicyclic) bond motifs is 1. The summed E-state index contributed by atoms with van der Waals surface area (Å²) in [6.45, 7) is 5.96. The van der Waals surface area contributed by atoms with Crippen LogP contribution in [0.4, 0.5) is 5.69 Å². The average Bonchev–Trinajstić information content (AvgIpc) is 2.90. The summed E-state index contributed by atoms with van der Waals surface area (Å²) >= 11 is 0. The molecule has 1 aromatic carbocycles. The molecule has 1 aliphatic heterocycles. The predicted octanol–water partition coefficient (Wildman–Crippen LogP) is 3.26. The first-order valence-corrected chi connectivity index (χ1v) is 8.39. The first-order chi connectivity index (χ1) is 11.9. The van der Waals surface area contributed by atoms with Crippen LogP contribution in [0, 0.1) is 0 Å². The molecule has 0 fully saturated rings. The highest BCUT2D eigenvalue weighted by Crippen LogP contribution is 2.41. The van der Waals surface area contributed by atoms with E-state index < -0.39 is 6.04 Å². The van der Waals surface area contributed by atoms with E-state index in [9.17, 15) is 4.79 Å². The number of pyridine rings is 1. The van der Waals surface area contributed by atoms with Crippen LogP contribution in [0.5, 0.6) is 17.4 Å². The van der Waals surface area contributed by atoms with Gasteiger partial charge in [-0.15, -0.1) is 0 Å². The molecule has 0 bridgehead atoms. The van der Waals surface area contributed by atoms with Crippen molar-refractivity contribution in [2.24, 2.45) is 5.73 Å². The van der Waals surface area contributed by atoms with Crippen LogP contribution >= 0.6 is 0 Å². The SMILES string of the molecule is CC[C@@H](N)C(=O)Nc1ccc(Oc2cccc3c2CC(C)(C)O3)nc1. The number of carbonyl (C=O) groups is 1. The van der Waals surface area contributed by atoms with E-state index in [2.05, 4.69) is 10.3 Å². The molecule has 6 heteroatoms. The lowest BCUT2D eigenvalue weighted by molar-refractivity contribution is -0.117. The third-order valence-electron chi connectivity index (χ3n) is 4.07. The van der Waals surface area contributed by atoms with Crippen molar-refractivity contribution in [3.63, 3.8) is 0 Å². The summed E-state index contributed by atoms with van der Waals surface area (Å²) in [5.74, 6) is 1.81. The molecule has 0 aliphatic carbocycles. The van der Waals surface area contributed by atoms with Gasteiger partial charge in [-0.1, -0.05) is 13.0 Å². The van der Waals surface area contributed by atoms with Crippen LogP contribution in [0.15, 0.2) is 36.5 Å². The number of nitrogens with one attached hydrogen (secondary N) is 1. The summed E-state index contributed by atoms with van der Waals surface area (Å²) in [4.78, 5) is 16.1. The fraction of sp³-hybridized carbons (Fsp3) is 0.368. The largest absolute Gasteiger partial charge is 0.487 e. The molecule has 0 saturated heterocycles. The minimum Gasteiger partial charge on any atom is -0.487 e. The van der Waals surface area contributed by atoms with Crippen LogP contribution in [-0.2, 0) is 11.2 Å². The van der Waals surface area contributed by atoms with Gasteiger partial charge in [0, 0.05) is 18.1 Å². The van der Waals surface area contributed by atoms with Gasteiger partial charge < -0.3 is 20.5 Å². The molecule has 0 spiro atoms. The summed E-state index contributed by atoms with van der Waals surface area (Å²) in [7, 11) is 0. The zero-order valence-corrected chi connectivity index (χ0v) is 14.7. The monoisotopic (exact) mass is 341 g/mol. The molecule has 3 N–H and O–H groups in total. The van der Waals surface area contributed by atoms with Gasteiger partial charge in [-0.05, 0) is 38.5 Å². The fourth-order valence-corrected chi connectivity index (χ4v) is 2.72. The molecule has 1 aromatic heterocycles. The highest BCUT2D eigenvalue weighted by Gasteiger charge is 2.32. The number of rotatable bonds is 5. The molecule has 0 radical (unpaired) electrons. The zero-order valence-electron chi connectivity index (χ0n) is 14.7. The summed E-state index contributed by atoms with van der Waals surface area (Å²) in [6.07, 6.45) is 2.92. The number of nitrogens with two attached hydrogens (primary N) is 1. The fourth-order valence-electron chi connectivity index (χ4n) is 2.72. The number of hydrogen-bond donors (Lipinski definition) is 2. The number of hydrogen-bond acceptors (Lipinski definition) is 5. The Kier molecular flexibility index (Phi) is 4.63.